The zero-order valence-corrected chi connectivity index (χ0v) is 55.8. The predicted molar refractivity (Wildman–Crippen MR) is 335 cm³/mol. The molecule has 1 heterocycles. The van der Waals surface area contributed by atoms with Gasteiger partial charge in [0.05, 0.1) is 29.8 Å². The van der Waals surface area contributed by atoms with Crippen molar-refractivity contribution < 1.29 is 55.0 Å². The molecule has 1 aliphatic carbocycles. The standard InChI is InChI=1S/C65H96F3N3O9Si3/c1-61(2,3)77-60(74)70-42-55(59(73)71-50-33-32-48-41-69-37-36-47(48)38-50)46-30-28-45(29-31-46)43-76-58(72)27-22-20-19-21-26-53-54(57(80-83(17,18)64(10,11)12)40-56(53)79-82(15,16)63(7,8)9)35-34-52(78-81(13,14)62(4,5)6)44-75-51-25-23-24-49(39-51)65(66,67)68/h19,21,23-25,28-39,41,52-57H,20,22,26-27,40,42-44H2,1-18H3,(H,70,74)(H,71,73)/b21-19+,35-34+/t52-,53-,54-,55?,56+,57-/m1/s1. The highest BCUT2D eigenvalue weighted by Gasteiger charge is 2.51. The van der Waals surface area contributed by atoms with Crippen molar-refractivity contribution in [3.63, 3.8) is 0 Å². The Morgan fingerprint density at radius 3 is 2.00 bits per heavy atom. The lowest BCUT2D eigenvalue weighted by Crippen LogP contribution is -2.45. The van der Waals surface area contributed by atoms with Crippen LogP contribution in [0.1, 0.15) is 138 Å². The molecule has 1 aromatic heterocycles. The summed E-state index contributed by atoms with van der Waals surface area (Å²) in [6.07, 6.45) is 8.94. The summed E-state index contributed by atoms with van der Waals surface area (Å²) in [5, 5.41) is 7.36. The number of amides is 2. The molecule has 1 fully saturated rings. The van der Waals surface area contributed by atoms with Gasteiger partial charge in [-0.3, -0.25) is 14.6 Å². The Hall–Kier alpha value is -5.12. The Balaban J connectivity index is 1.30. The minimum atomic E-state index is -4.51. The smallest absolute Gasteiger partial charge is 0.416 e. The predicted octanol–water partition coefficient (Wildman–Crippen LogP) is 17.1. The van der Waals surface area contributed by atoms with Gasteiger partial charge in [0.2, 0.25) is 5.91 Å². The van der Waals surface area contributed by atoms with Crippen LogP contribution in [0.5, 0.6) is 5.75 Å². The topological polar surface area (TPSA) is 144 Å². The average Bonchev–Trinajstić information content (AvgIpc) is 3.31. The summed E-state index contributed by atoms with van der Waals surface area (Å²) in [5.41, 5.74) is 0.516. The number of pyridine rings is 1. The lowest BCUT2D eigenvalue weighted by atomic mass is 9.89. The van der Waals surface area contributed by atoms with Crippen LogP contribution in [0.15, 0.2) is 109 Å². The van der Waals surface area contributed by atoms with Crippen LogP contribution in [-0.2, 0) is 45.1 Å². The molecular weight excluding hydrogens is 1110 g/mol. The van der Waals surface area contributed by atoms with Gasteiger partial charge >= 0.3 is 18.2 Å². The number of nitrogens with zero attached hydrogens (tertiary/aromatic N) is 1. The molecule has 0 aliphatic heterocycles. The maximum Gasteiger partial charge on any atom is 0.416 e. The summed E-state index contributed by atoms with van der Waals surface area (Å²) in [6.45, 7) is 38.8. The van der Waals surface area contributed by atoms with Crippen molar-refractivity contribution >= 4 is 59.4 Å². The second-order valence-corrected chi connectivity index (χ2v) is 42.1. The number of unbranched alkanes of at least 4 members (excludes halogenated alkanes) is 1. The molecular formula is C65H96F3N3O9Si3. The molecule has 0 radical (unpaired) electrons. The van der Waals surface area contributed by atoms with Crippen LogP contribution in [0.25, 0.3) is 10.8 Å². The third-order valence-electron chi connectivity index (χ3n) is 16.9. The zero-order valence-electron chi connectivity index (χ0n) is 52.8. The lowest BCUT2D eigenvalue weighted by Gasteiger charge is -2.40. The molecule has 12 nitrogen and oxygen atoms in total. The van der Waals surface area contributed by atoms with Gasteiger partial charge in [0, 0.05) is 42.4 Å². The average molecular weight is 1200 g/mol. The van der Waals surface area contributed by atoms with Crippen LogP contribution in [0.4, 0.5) is 23.7 Å². The van der Waals surface area contributed by atoms with Gasteiger partial charge in [-0.1, -0.05) is 123 Å². The van der Waals surface area contributed by atoms with Crippen LogP contribution < -0.4 is 15.4 Å². The van der Waals surface area contributed by atoms with Crippen LogP contribution in [0.2, 0.25) is 54.4 Å². The number of esters is 1. The van der Waals surface area contributed by atoms with Gasteiger partial charge in [0.15, 0.2) is 25.0 Å². The van der Waals surface area contributed by atoms with E-state index in [9.17, 15) is 27.6 Å². The Bertz CT molecular complexity index is 2850. The molecule has 6 atom stereocenters. The number of ether oxygens (including phenoxy) is 3. The number of nitrogens with one attached hydrogen (secondary N) is 2. The van der Waals surface area contributed by atoms with Crippen molar-refractivity contribution in [3.05, 3.63) is 126 Å². The molecule has 1 aliphatic rings. The van der Waals surface area contributed by atoms with Crippen molar-refractivity contribution in [2.45, 2.75) is 212 Å². The Morgan fingerprint density at radius 2 is 1.39 bits per heavy atom. The number of fused-ring (bicyclic) bond motifs is 1. The number of alkyl halides is 3. The summed E-state index contributed by atoms with van der Waals surface area (Å²) >= 11 is 0. The molecule has 1 unspecified atom stereocenters. The number of benzene rings is 3. The molecule has 5 rings (SSSR count). The molecule has 458 valence electrons. The summed E-state index contributed by atoms with van der Waals surface area (Å²) in [6, 6.07) is 19.6. The van der Waals surface area contributed by atoms with Gasteiger partial charge in [0.1, 0.15) is 24.6 Å². The minimum absolute atomic E-state index is 0.0163. The van der Waals surface area contributed by atoms with Crippen LogP contribution in [0, 0.1) is 11.8 Å². The second kappa shape index (κ2) is 27.9. The first kappa shape index (κ1) is 68.7. The molecule has 2 amide bonds. The first-order chi connectivity index (χ1) is 38.2. The molecule has 1 saturated carbocycles. The van der Waals surface area contributed by atoms with Crippen molar-refractivity contribution in [2.24, 2.45) is 11.8 Å². The van der Waals surface area contributed by atoms with Crippen molar-refractivity contribution in [1.82, 2.24) is 10.3 Å². The van der Waals surface area contributed by atoms with Crippen LogP contribution in [-0.4, -0.2) is 85.0 Å². The summed E-state index contributed by atoms with van der Waals surface area (Å²) in [4.78, 5) is 43.8. The van der Waals surface area contributed by atoms with E-state index in [0.717, 1.165) is 28.5 Å². The van der Waals surface area contributed by atoms with Gasteiger partial charge in [-0.15, -0.1) is 0 Å². The van der Waals surface area contributed by atoms with E-state index in [4.69, 9.17) is 27.5 Å². The molecule has 0 spiro atoms. The third kappa shape index (κ3) is 20.5. The maximum absolute atomic E-state index is 13.8. The zero-order chi connectivity index (χ0) is 62.0. The third-order valence-corrected chi connectivity index (χ3v) is 30.4. The second-order valence-electron chi connectivity index (χ2n) is 27.8. The molecule has 3 aromatic carbocycles. The quantitative estimate of drug-likeness (QED) is 0.0301. The number of carbonyl (C=O) groups excluding carboxylic acids is 3. The van der Waals surface area contributed by atoms with E-state index in [2.05, 4.69) is 142 Å². The fourth-order valence-electron chi connectivity index (χ4n) is 8.98. The lowest BCUT2D eigenvalue weighted by molar-refractivity contribution is -0.145. The van der Waals surface area contributed by atoms with Crippen molar-refractivity contribution in [1.29, 1.82) is 0 Å². The van der Waals surface area contributed by atoms with Gasteiger partial charge in [-0.2, -0.15) is 13.2 Å². The van der Waals surface area contributed by atoms with E-state index in [0.29, 0.717) is 36.9 Å². The molecule has 4 aromatic rings. The van der Waals surface area contributed by atoms with E-state index >= 15 is 0 Å². The van der Waals surface area contributed by atoms with Crippen molar-refractivity contribution in [2.75, 3.05) is 18.5 Å². The summed E-state index contributed by atoms with van der Waals surface area (Å²) in [5.74, 6) is -1.35. The van der Waals surface area contributed by atoms with Crippen LogP contribution in [0.3, 0.4) is 0 Å². The fourth-order valence-corrected chi connectivity index (χ4v) is 13.0. The van der Waals surface area contributed by atoms with Gasteiger partial charge < -0.3 is 38.1 Å². The molecule has 83 heavy (non-hydrogen) atoms. The van der Waals surface area contributed by atoms with Gasteiger partial charge in [-0.25, -0.2) is 4.79 Å². The number of anilines is 1. The minimum Gasteiger partial charge on any atom is -0.491 e. The summed E-state index contributed by atoms with van der Waals surface area (Å²) < 4.78 is 80.3. The van der Waals surface area contributed by atoms with Gasteiger partial charge in [0.25, 0.3) is 0 Å². The van der Waals surface area contributed by atoms with Crippen molar-refractivity contribution in [3.8, 4) is 5.75 Å². The molecule has 2 N–H and O–H groups in total. The van der Waals surface area contributed by atoms with E-state index in [1.807, 2.05) is 36.4 Å². The highest BCUT2D eigenvalue weighted by molar-refractivity contribution is 6.75. The number of hydrogen-bond donors (Lipinski definition) is 2. The number of allylic oxidation sites excluding steroid dienone is 2. The Labute approximate surface area is 496 Å². The van der Waals surface area contributed by atoms with E-state index in [-0.39, 0.29) is 83.0 Å². The van der Waals surface area contributed by atoms with E-state index < -0.39 is 60.4 Å². The molecule has 0 saturated heterocycles. The SMILES string of the molecule is CC(C)(C)OC(=O)NCC(C(=O)Nc1ccc2cnccc2c1)c1ccc(COC(=O)CCC/C=C/C[C@@H]2[C@@H](/C=C/[C@H](COc3cccc(C(F)(F)F)c3)O[Si](C)(C)C(C)(C)C)[C@H](O[Si](C)(C)C(C)(C)C)C[C@@H]2O[Si](C)(C)C(C)(C)C)cc1. The Kier molecular flexibility index (Phi) is 23.1. The first-order valence-electron chi connectivity index (χ1n) is 29.3. The number of rotatable bonds is 24. The van der Waals surface area contributed by atoms with E-state index in [1.54, 1.807) is 51.4 Å². The summed E-state index contributed by atoms with van der Waals surface area (Å²) in [7, 11) is -7.01. The van der Waals surface area contributed by atoms with E-state index in [1.165, 1.54) is 6.07 Å². The van der Waals surface area contributed by atoms with Gasteiger partial charge in [-0.05, 0) is 160 Å². The number of halogens is 3. The number of alkyl carbamates (subject to hydrolysis) is 1. The molecule has 0 bridgehead atoms. The molecule has 18 heteroatoms. The highest BCUT2D eigenvalue weighted by Crippen LogP contribution is 2.48. The number of hydrogen-bond acceptors (Lipinski definition) is 10. The normalized spacial score (nSPS) is 18.6. The number of carbonyl (C=O) groups is 3. The monoisotopic (exact) mass is 1200 g/mol. The maximum atomic E-state index is 13.8. The first-order valence-corrected chi connectivity index (χ1v) is 38.0. The highest BCUT2D eigenvalue weighted by atomic mass is 28.4. The van der Waals surface area contributed by atoms with Crippen LogP contribution >= 0.6 is 0 Å². The number of aromatic nitrogens is 1. The largest absolute Gasteiger partial charge is 0.491 e. The fraction of sp³-hybridized carbons (Fsp3) is 0.569. The Morgan fingerprint density at radius 1 is 0.747 bits per heavy atom.